The van der Waals surface area contributed by atoms with Crippen molar-refractivity contribution in [2.45, 2.75) is 53.0 Å². The summed E-state index contributed by atoms with van der Waals surface area (Å²) in [7, 11) is 0. The molecule has 2 unspecified atom stereocenters. The van der Waals surface area contributed by atoms with Crippen LogP contribution in [-0.2, 0) is 9.59 Å². The molecule has 2 atom stereocenters. The second kappa shape index (κ2) is 5.98. The van der Waals surface area contributed by atoms with Crippen molar-refractivity contribution in [1.29, 1.82) is 0 Å². The third kappa shape index (κ3) is 2.89. The van der Waals surface area contributed by atoms with Crippen LogP contribution in [0.4, 0.5) is 4.79 Å². The second-order valence-corrected chi connectivity index (χ2v) is 5.22. The summed E-state index contributed by atoms with van der Waals surface area (Å²) in [6.07, 6.45) is 2.74. The summed E-state index contributed by atoms with van der Waals surface area (Å²) in [6.45, 7) is 7.53. The Labute approximate surface area is 108 Å². The largest absolute Gasteiger partial charge is 0.331 e. The molecule has 1 fully saturated rings. The first kappa shape index (κ1) is 14.7. The van der Waals surface area contributed by atoms with E-state index in [1.807, 2.05) is 20.8 Å². The van der Waals surface area contributed by atoms with Gasteiger partial charge in [0, 0.05) is 6.04 Å². The Morgan fingerprint density at radius 3 is 2.33 bits per heavy atom. The number of imide groups is 2. The average molecular weight is 254 g/mol. The minimum absolute atomic E-state index is 0.105. The lowest BCUT2D eigenvalue weighted by molar-refractivity contribution is -0.145. The number of barbiturate groups is 1. The van der Waals surface area contributed by atoms with Crippen LogP contribution in [0.2, 0.25) is 0 Å². The molecular weight excluding hydrogens is 232 g/mol. The van der Waals surface area contributed by atoms with Crippen LogP contribution < -0.4 is 5.32 Å². The number of hydrogen-bond donors (Lipinski definition) is 1. The standard InChI is InChI=1S/C13H22N2O3/c1-5-6-7-9(4)15-12(17)10(8(2)3)11(16)14-13(15)18/h8-10H,5-7H2,1-4H3,(H,14,16,18). The number of carbonyl (C=O) groups is 3. The number of carbonyl (C=O) groups excluding carboxylic acids is 3. The van der Waals surface area contributed by atoms with Gasteiger partial charge in [0.05, 0.1) is 0 Å². The highest BCUT2D eigenvalue weighted by atomic mass is 16.2. The molecule has 0 radical (unpaired) electrons. The van der Waals surface area contributed by atoms with Gasteiger partial charge in [-0.1, -0.05) is 33.6 Å². The highest BCUT2D eigenvalue weighted by molar-refractivity contribution is 6.16. The normalized spacial score (nSPS) is 22.4. The SMILES string of the molecule is CCCCC(C)N1C(=O)NC(=O)C(C(C)C)C1=O. The van der Waals surface area contributed by atoms with Crippen molar-refractivity contribution >= 4 is 17.8 Å². The Morgan fingerprint density at radius 1 is 1.22 bits per heavy atom. The monoisotopic (exact) mass is 254 g/mol. The zero-order valence-electron chi connectivity index (χ0n) is 11.5. The van der Waals surface area contributed by atoms with Crippen molar-refractivity contribution in [3.8, 4) is 0 Å². The van der Waals surface area contributed by atoms with Gasteiger partial charge in [0.2, 0.25) is 11.8 Å². The molecule has 0 bridgehead atoms. The molecule has 0 aromatic carbocycles. The maximum absolute atomic E-state index is 12.2. The van der Waals surface area contributed by atoms with Crippen LogP contribution in [0.5, 0.6) is 0 Å². The molecule has 1 N–H and O–H groups in total. The predicted octanol–water partition coefficient (Wildman–Crippen LogP) is 1.92. The smallest absolute Gasteiger partial charge is 0.277 e. The van der Waals surface area contributed by atoms with E-state index in [0.29, 0.717) is 0 Å². The molecule has 5 heteroatoms. The number of rotatable bonds is 5. The molecule has 5 nitrogen and oxygen atoms in total. The van der Waals surface area contributed by atoms with E-state index < -0.39 is 17.9 Å². The number of urea groups is 1. The van der Waals surface area contributed by atoms with Gasteiger partial charge in [-0.3, -0.25) is 19.8 Å². The van der Waals surface area contributed by atoms with E-state index in [2.05, 4.69) is 12.2 Å². The van der Waals surface area contributed by atoms with Gasteiger partial charge >= 0.3 is 6.03 Å². The molecule has 18 heavy (non-hydrogen) atoms. The van der Waals surface area contributed by atoms with Gasteiger partial charge in [0.15, 0.2) is 0 Å². The molecule has 0 spiro atoms. The fourth-order valence-electron chi connectivity index (χ4n) is 2.24. The van der Waals surface area contributed by atoms with Crippen molar-refractivity contribution < 1.29 is 14.4 Å². The van der Waals surface area contributed by atoms with Crippen molar-refractivity contribution in [1.82, 2.24) is 10.2 Å². The summed E-state index contributed by atoms with van der Waals surface area (Å²) in [5, 5.41) is 2.28. The third-order valence-electron chi connectivity index (χ3n) is 3.32. The molecule has 1 saturated heterocycles. The van der Waals surface area contributed by atoms with Crippen molar-refractivity contribution in [2.24, 2.45) is 11.8 Å². The lowest BCUT2D eigenvalue weighted by atomic mass is 9.91. The first-order chi connectivity index (χ1) is 8.40. The Bertz CT molecular complexity index is 352. The minimum atomic E-state index is -0.744. The van der Waals surface area contributed by atoms with Crippen LogP contribution in [0.3, 0.4) is 0 Å². The van der Waals surface area contributed by atoms with Crippen LogP contribution in [0.15, 0.2) is 0 Å². The molecule has 0 saturated carbocycles. The summed E-state index contributed by atoms with van der Waals surface area (Å²) in [4.78, 5) is 36.9. The van der Waals surface area contributed by atoms with Gasteiger partial charge < -0.3 is 0 Å². The van der Waals surface area contributed by atoms with Gasteiger partial charge in [-0.15, -0.1) is 0 Å². The Morgan fingerprint density at radius 2 is 1.83 bits per heavy atom. The summed E-state index contributed by atoms with van der Waals surface area (Å²) in [6, 6.07) is -0.739. The predicted molar refractivity (Wildman–Crippen MR) is 67.7 cm³/mol. The maximum Gasteiger partial charge on any atom is 0.331 e. The first-order valence-electron chi connectivity index (χ1n) is 6.58. The fraction of sp³-hybridized carbons (Fsp3) is 0.769. The lowest BCUT2D eigenvalue weighted by Gasteiger charge is -2.35. The van der Waals surface area contributed by atoms with Gasteiger partial charge in [0.1, 0.15) is 5.92 Å². The third-order valence-corrected chi connectivity index (χ3v) is 3.32. The van der Waals surface area contributed by atoms with Gasteiger partial charge in [-0.05, 0) is 19.3 Å². The van der Waals surface area contributed by atoms with E-state index in [1.165, 1.54) is 4.90 Å². The van der Waals surface area contributed by atoms with Crippen molar-refractivity contribution in [2.75, 3.05) is 0 Å². The van der Waals surface area contributed by atoms with Crippen molar-refractivity contribution in [3.63, 3.8) is 0 Å². The molecular formula is C13H22N2O3. The molecule has 4 amide bonds. The minimum Gasteiger partial charge on any atom is -0.277 e. The second-order valence-electron chi connectivity index (χ2n) is 5.22. The van der Waals surface area contributed by atoms with Gasteiger partial charge in [-0.2, -0.15) is 0 Å². The maximum atomic E-state index is 12.2. The zero-order valence-corrected chi connectivity index (χ0v) is 11.5. The van der Waals surface area contributed by atoms with E-state index in [0.717, 1.165) is 19.3 Å². The van der Waals surface area contributed by atoms with E-state index in [-0.39, 0.29) is 17.9 Å². The zero-order chi connectivity index (χ0) is 13.9. The molecule has 1 rings (SSSR count). The molecule has 0 aromatic heterocycles. The molecule has 0 aliphatic carbocycles. The average Bonchev–Trinajstić information content (AvgIpc) is 2.24. The molecule has 1 aliphatic rings. The van der Waals surface area contributed by atoms with Crippen molar-refractivity contribution in [3.05, 3.63) is 0 Å². The van der Waals surface area contributed by atoms with Crippen LogP contribution >= 0.6 is 0 Å². The number of hydrogen-bond acceptors (Lipinski definition) is 3. The molecule has 0 aromatic rings. The van der Waals surface area contributed by atoms with Crippen LogP contribution in [0.25, 0.3) is 0 Å². The first-order valence-corrected chi connectivity index (χ1v) is 6.58. The quantitative estimate of drug-likeness (QED) is 0.762. The number of nitrogens with zero attached hydrogens (tertiary/aromatic N) is 1. The Balaban J connectivity index is 2.86. The Hall–Kier alpha value is -1.39. The summed E-state index contributed by atoms with van der Waals surface area (Å²) < 4.78 is 0. The fourth-order valence-corrected chi connectivity index (χ4v) is 2.24. The van der Waals surface area contributed by atoms with Gasteiger partial charge in [0.25, 0.3) is 0 Å². The van der Waals surface area contributed by atoms with E-state index in [1.54, 1.807) is 0 Å². The summed E-state index contributed by atoms with van der Waals surface area (Å²) in [5.41, 5.74) is 0. The number of nitrogens with one attached hydrogen (secondary N) is 1. The number of unbranched alkanes of at least 4 members (excludes halogenated alkanes) is 1. The van der Waals surface area contributed by atoms with E-state index in [9.17, 15) is 14.4 Å². The summed E-state index contributed by atoms with van der Waals surface area (Å²) >= 11 is 0. The van der Waals surface area contributed by atoms with E-state index >= 15 is 0 Å². The highest BCUT2D eigenvalue weighted by Gasteiger charge is 2.43. The highest BCUT2D eigenvalue weighted by Crippen LogP contribution is 2.22. The molecule has 1 heterocycles. The van der Waals surface area contributed by atoms with Crippen LogP contribution in [-0.4, -0.2) is 28.8 Å². The summed E-state index contributed by atoms with van der Waals surface area (Å²) in [5.74, 6) is -1.68. The lowest BCUT2D eigenvalue weighted by Crippen LogP contribution is -2.61. The van der Waals surface area contributed by atoms with E-state index in [4.69, 9.17) is 0 Å². The van der Waals surface area contributed by atoms with Crippen LogP contribution in [0, 0.1) is 11.8 Å². The number of amides is 4. The Kier molecular flexibility index (Phi) is 4.87. The molecule has 102 valence electrons. The molecule has 1 aliphatic heterocycles. The van der Waals surface area contributed by atoms with Crippen LogP contribution in [0.1, 0.15) is 47.0 Å². The van der Waals surface area contributed by atoms with Gasteiger partial charge in [-0.25, -0.2) is 4.79 Å². The topological polar surface area (TPSA) is 66.5 Å².